The molecular formula is C15H24O2. The monoisotopic (exact) mass is 236 g/mol. The van der Waals surface area contributed by atoms with E-state index in [1.807, 2.05) is 25.1 Å². The van der Waals surface area contributed by atoms with Gasteiger partial charge in [0.2, 0.25) is 0 Å². The first-order valence-electron chi connectivity index (χ1n) is 6.45. The quantitative estimate of drug-likeness (QED) is 0.792. The first-order chi connectivity index (χ1) is 8.04. The lowest BCUT2D eigenvalue weighted by Gasteiger charge is -2.15. The zero-order valence-corrected chi connectivity index (χ0v) is 11.1. The fraction of sp³-hybridized carbons (Fsp3) is 0.600. The fourth-order valence-electron chi connectivity index (χ4n) is 2.09. The fourth-order valence-corrected chi connectivity index (χ4v) is 2.09. The molecule has 1 rings (SSSR count). The number of hydrogen-bond acceptors (Lipinski definition) is 2. The van der Waals surface area contributed by atoms with E-state index in [0.29, 0.717) is 17.6 Å². The number of aromatic hydroxyl groups is 1. The Kier molecular flexibility index (Phi) is 5.49. The van der Waals surface area contributed by atoms with Crippen LogP contribution in [-0.4, -0.2) is 16.8 Å². The topological polar surface area (TPSA) is 40.5 Å². The average Bonchev–Trinajstić information content (AvgIpc) is 2.28. The Morgan fingerprint density at radius 1 is 1.18 bits per heavy atom. The minimum absolute atomic E-state index is 0.268. The van der Waals surface area contributed by atoms with Crippen LogP contribution in [0.2, 0.25) is 0 Å². The van der Waals surface area contributed by atoms with Crippen molar-refractivity contribution in [3.05, 3.63) is 29.3 Å². The Morgan fingerprint density at radius 3 is 2.47 bits per heavy atom. The number of aryl methyl sites for hydroxylation is 1. The second-order valence-electron chi connectivity index (χ2n) is 5.18. The summed E-state index contributed by atoms with van der Waals surface area (Å²) in [6.07, 6.45) is 3.20. The van der Waals surface area contributed by atoms with Crippen LogP contribution in [0.5, 0.6) is 5.75 Å². The Hall–Kier alpha value is -1.02. The van der Waals surface area contributed by atoms with E-state index in [-0.39, 0.29) is 6.61 Å². The molecule has 0 bridgehead atoms. The number of aliphatic hydroxyl groups is 1. The van der Waals surface area contributed by atoms with Gasteiger partial charge in [0.05, 0.1) is 0 Å². The van der Waals surface area contributed by atoms with Gasteiger partial charge < -0.3 is 10.2 Å². The average molecular weight is 236 g/mol. The van der Waals surface area contributed by atoms with Crippen LogP contribution >= 0.6 is 0 Å². The highest BCUT2D eigenvalue weighted by molar-refractivity contribution is 5.37. The first kappa shape index (κ1) is 14.0. The van der Waals surface area contributed by atoms with Crippen molar-refractivity contribution in [1.82, 2.24) is 0 Å². The Labute approximate surface area is 104 Å². The molecule has 0 saturated heterocycles. The van der Waals surface area contributed by atoms with E-state index in [0.717, 1.165) is 30.4 Å². The lowest BCUT2D eigenvalue weighted by Crippen LogP contribution is -2.02. The maximum atomic E-state index is 9.88. The number of aliphatic hydroxyl groups excluding tert-OH is 1. The molecule has 2 atom stereocenters. The number of phenolic OH excluding ortho intramolecular Hbond substituents is 1. The third-order valence-electron chi connectivity index (χ3n) is 3.36. The summed E-state index contributed by atoms with van der Waals surface area (Å²) in [5.41, 5.74) is 2.12. The molecule has 0 heterocycles. The maximum Gasteiger partial charge on any atom is 0.119 e. The zero-order chi connectivity index (χ0) is 12.8. The second-order valence-corrected chi connectivity index (χ2v) is 5.18. The predicted octanol–water partition coefficient (Wildman–Crippen LogP) is 3.60. The van der Waals surface area contributed by atoms with Crippen molar-refractivity contribution in [3.63, 3.8) is 0 Å². The van der Waals surface area contributed by atoms with E-state index in [1.54, 1.807) is 0 Å². The molecule has 0 aromatic heterocycles. The molecule has 0 saturated carbocycles. The second kappa shape index (κ2) is 6.65. The molecule has 2 N–H and O–H groups in total. The van der Waals surface area contributed by atoms with Crippen LogP contribution in [0.3, 0.4) is 0 Å². The molecule has 1 aromatic carbocycles. The van der Waals surface area contributed by atoms with Crippen LogP contribution < -0.4 is 0 Å². The van der Waals surface area contributed by atoms with E-state index in [9.17, 15) is 5.11 Å². The maximum absolute atomic E-state index is 9.88. The number of hydrogen-bond donors (Lipinski definition) is 2. The molecule has 0 spiro atoms. The standard InChI is InChI=1S/C15H24O2/c1-11-7-8-14(15(17)9-11)13(3)6-4-5-12(2)10-16/h7-9,12-13,16-17H,4-6,10H2,1-3H3/t12?,13-/m0/s1. The summed E-state index contributed by atoms with van der Waals surface area (Å²) in [4.78, 5) is 0. The van der Waals surface area contributed by atoms with Gasteiger partial charge in [0.1, 0.15) is 5.75 Å². The van der Waals surface area contributed by atoms with Gasteiger partial charge in [-0.05, 0) is 48.8 Å². The Bertz CT molecular complexity index is 347. The molecule has 0 aliphatic heterocycles. The molecule has 0 aliphatic rings. The molecule has 1 aromatic rings. The number of benzene rings is 1. The van der Waals surface area contributed by atoms with Crippen molar-refractivity contribution in [3.8, 4) is 5.75 Å². The van der Waals surface area contributed by atoms with Crippen molar-refractivity contribution < 1.29 is 10.2 Å². The highest BCUT2D eigenvalue weighted by atomic mass is 16.3. The minimum atomic E-state index is 0.268. The van der Waals surface area contributed by atoms with Crippen molar-refractivity contribution in [2.45, 2.75) is 46.0 Å². The summed E-state index contributed by atoms with van der Waals surface area (Å²) in [6, 6.07) is 5.88. The highest BCUT2D eigenvalue weighted by Gasteiger charge is 2.11. The van der Waals surface area contributed by atoms with Gasteiger partial charge in [-0.15, -0.1) is 0 Å². The highest BCUT2D eigenvalue weighted by Crippen LogP contribution is 2.30. The smallest absolute Gasteiger partial charge is 0.119 e. The van der Waals surface area contributed by atoms with E-state index in [1.165, 1.54) is 0 Å². The van der Waals surface area contributed by atoms with E-state index in [4.69, 9.17) is 5.11 Å². The van der Waals surface area contributed by atoms with Crippen molar-refractivity contribution in [2.24, 2.45) is 5.92 Å². The van der Waals surface area contributed by atoms with Crippen LogP contribution in [0.15, 0.2) is 18.2 Å². The summed E-state index contributed by atoms with van der Waals surface area (Å²) >= 11 is 0. The largest absolute Gasteiger partial charge is 0.508 e. The molecule has 2 nitrogen and oxygen atoms in total. The zero-order valence-electron chi connectivity index (χ0n) is 11.1. The van der Waals surface area contributed by atoms with E-state index < -0.39 is 0 Å². The summed E-state index contributed by atoms with van der Waals surface area (Å²) in [5, 5.41) is 18.8. The molecule has 2 heteroatoms. The summed E-state index contributed by atoms with van der Waals surface area (Å²) < 4.78 is 0. The molecule has 17 heavy (non-hydrogen) atoms. The SMILES string of the molecule is Cc1ccc([C@@H](C)CCCC(C)CO)c(O)c1. The van der Waals surface area contributed by atoms with Gasteiger partial charge in [0.15, 0.2) is 0 Å². The summed E-state index contributed by atoms with van der Waals surface area (Å²) in [7, 11) is 0. The van der Waals surface area contributed by atoms with Gasteiger partial charge >= 0.3 is 0 Å². The van der Waals surface area contributed by atoms with E-state index >= 15 is 0 Å². The third kappa shape index (κ3) is 4.39. The molecule has 0 aliphatic carbocycles. The Balaban J connectivity index is 2.49. The van der Waals surface area contributed by atoms with Gasteiger partial charge in [-0.3, -0.25) is 0 Å². The predicted molar refractivity (Wildman–Crippen MR) is 71.4 cm³/mol. The number of phenols is 1. The van der Waals surface area contributed by atoms with Crippen molar-refractivity contribution in [1.29, 1.82) is 0 Å². The van der Waals surface area contributed by atoms with E-state index in [2.05, 4.69) is 13.8 Å². The van der Waals surface area contributed by atoms with Gasteiger partial charge in [0, 0.05) is 6.61 Å². The minimum Gasteiger partial charge on any atom is -0.508 e. The molecule has 0 fully saturated rings. The molecule has 0 radical (unpaired) electrons. The summed E-state index contributed by atoms with van der Waals surface area (Å²) in [5.74, 6) is 1.17. The van der Waals surface area contributed by atoms with Crippen molar-refractivity contribution >= 4 is 0 Å². The number of rotatable bonds is 6. The third-order valence-corrected chi connectivity index (χ3v) is 3.36. The lowest BCUT2D eigenvalue weighted by atomic mass is 9.92. The van der Waals surface area contributed by atoms with Crippen LogP contribution in [0.25, 0.3) is 0 Å². The first-order valence-corrected chi connectivity index (χ1v) is 6.45. The molecular weight excluding hydrogens is 212 g/mol. The van der Waals surface area contributed by atoms with Gasteiger partial charge in [-0.1, -0.05) is 32.4 Å². The molecule has 1 unspecified atom stereocenters. The van der Waals surface area contributed by atoms with Gasteiger partial charge in [-0.25, -0.2) is 0 Å². The van der Waals surface area contributed by atoms with Gasteiger partial charge in [-0.2, -0.15) is 0 Å². The van der Waals surface area contributed by atoms with Crippen LogP contribution in [0, 0.1) is 12.8 Å². The van der Waals surface area contributed by atoms with Crippen LogP contribution in [0.4, 0.5) is 0 Å². The Morgan fingerprint density at radius 2 is 1.88 bits per heavy atom. The molecule has 0 amide bonds. The summed E-state index contributed by atoms with van der Waals surface area (Å²) in [6.45, 7) is 6.46. The normalized spacial score (nSPS) is 14.6. The van der Waals surface area contributed by atoms with Gasteiger partial charge in [0.25, 0.3) is 0 Å². The molecule has 96 valence electrons. The van der Waals surface area contributed by atoms with Crippen molar-refractivity contribution in [2.75, 3.05) is 6.61 Å². The lowest BCUT2D eigenvalue weighted by molar-refractivity contribution is 0.227. The van der Waals surface area contributed by atoms with Crippen LogP contribution in [-0.2, 0) is 0 Å². The van der Waals surface area contributed by atoms with Crippen LogP contribution in [0.1, 0.15) is 50.2 Å².